The van der Waals surface area contributed by atoms with Gasteiger partial charge in [-0.15, -0.1) is 0 Å². The van der Waals surface area contributed by atoms with Gasteiger partial charge in [-0.1, -0.05) is 6.92 Å². The van der Waals surface area contributed by atoms with Crippen LogP contribution < -0.4 is 0 Å². The van der Waals surface area contributed by atoms with Crippen LogP contribution in [-0.2, 0) is 10.2 Å². The van der Waals surface area contributed by atoms with Gasteiger partial charge in [0.25, 0.3) is 0 Å². The third kappa shape index (κ3) is 1.81. The number of hydrogen-bond acceptors (Lipinski definition) is 4. The lowest BCUT2D eigenvalue weighted by atomic mass is 9.82. The minimum absolute atomic E-state index is 0.0791. The standard InChI is InChI=1S/C11H15NO3/c1-8-9(7-13)15-10(12-8)11(2)3-5-14-6-4-11/h7H,3-6H2,1-2H3. The topological polar surface area (TPSA) is 52.3 Å². The Morgan fingerprint density at radius 2 is 2.07 bits per heavy atom. The summed E-state index contributed by atoms with van der Waals surface area (Å²) >= 11 is 0. The first-order valence-electron chi connectivity index (χ1n) is 5.16. The summed E-state index contributed by atoms with van der Waals surface area (Å²) in [5, 5.41) is 0. The number of aromatic nitrogens is 1. The summed E-state index contributed by atoms with van der Waals surface area (Å²) in [6.07, 6.45) is 2.50. The molecule has 1 aliphatic heterocycles. The number of rotatable bonds is 2. The van der Waals surface area contributed by atoms with E-state index < -0.39 is 0 Å². The molecule has 0 bridgehead atoms. The van der Waals surface area contributed by atoms with E-state index in [0.29, 0.717) is 23.6 Å². The smallest absolute Gasteiger partial charge is 0.201 e. The predicted molar refractivity (Wildman–Crippen MR) is 54.0 cm³/mol. The lowest BCUT2D eigenvalue weighted by Crippen LogP contribution is -2.30. The molecule has 0 atom stereocenters. The van der Waals surface area contributed by atoms with Gasteiger partial charge in [-0.3, -0.25) is 4.79 Å². The summed E-state index contributed by atoms with van der Waals surface area (Å²) in [6.45, 7) is 5.36. The van der Waals surface area contributed by atoms with Gasteiger partial charge in [0, 0.05) is 18.6 Å². The maximum Gasteiger partial charge on any atom is 0.201 e. The van der Waals surface area contributed by atoms with Crippen molar-refractivity contribution < 1.29 is 13.9 Å². The molecule has 1 aromatic heterocycles. The molecule has 0 saturated carbocycles. The molecule has 0 aliphatic carbocycles. The Morgan fingerprint density at radius 3 is 2.60 bits per heavy atom. The lowest BCUT2D eigenvalue weighted by molar-refractivity contribution is 0.0466. The van der Waals surface area contributed by atoms with Gasteiger partial charge >= 0.3 is 0 Å². The quantitative estimate of drug-likeness (QED) is 0.698. The number of oxazole rings is 1. The highest BCUT2D eigenvalue weighted by molar-refractivity contribution is 5.71. The molecule has 0 radical (unpaired) electrons. The summed E-state index contributed by atoms with van der Waals surface area (Å²) in [4.78, 5) is 15.0. The van der Waals surface area contributed by atoms with E-state index in [9.17, 15) is 4.79 Å². The fourth-order valence-electron chi connectivity index (χ4n) is 1.81. The van der Waals surface area contributed by atoms with Crippen molar-refractivity contribution in [2.24, 2.45) is 0 Å². The maximum absolute atomic E-state index is 10.7. The van der Waals surface area contributed by atoms with Gasteiger partial charge in [0.05, 0.1) is 5.69 Å². The summed E-state index contributed by atoms with van der Waals surface area (Å²) in [5.41, 5.74) is 0.595. The molecule has 1 fully saturated rings. The number of aldehydes is 1. The van der Waals surface area contributed by atoms with Gasteiger partial charge in [-0.25, -0.2) is 4.98 Å². The highest BCUT2D eigenvalue weighted by atomic mass is 16.5. The Hall–Kier alpha value is -1.16. The Morgan fingerprint density at radius 1 is 1.40 bits per heavy atom. The Kier molecular flexibility index (Phi) is 2.61. The zero-order valence-electron chi connectivity index (χ0n) is 9.08. The largest absolute Gasteiger partial charge is 0.437 e. The molecule has 0 spiro atoms. The second-order valence-electron chi connectivity index (χ2n) is 4.26. The van der Waals surface area contributed by atoms with Crippen molar-refractivity contribution in [3.05, 3.63) is 17.3 Å². The molecular formula is C11H15NO3. The molecule has 4 heteroatoms. The van der Waals surface area contributed by atoms with Gasteiger partial charge in [-0.2, -0.15) is 0 Å². The SMILES string of the molecule is Cc1nc(C2(C)CCOCC2)oc1C=O. The van der Waals surface area contributed by atoms with Crippen LogP contribution in [0.3, 0.4) is 0 Å². The first-order chi connectivity index (χ1) is 7.15. The van der Waals surface area contributed by atoms with Gasteiger partial charge in [0.15, 0.2) is 12.0 Å². The second-order valence-corrected chi connectivity index (χ2v) is 4.26. The van der Waals surface area contributed by atoms with Gasteiger partial charge in [0.1, 0.15) is 0 Å². The highest BCUT2D eigenvalue weighted by Crippen LogP contribution is 2.34. The minimum Gasteiger partial charge on any atom is -0.437 e. The predicted octanol–water partition coefficient (Wildman–Crippen LogP) is 1.86. The summed E-state index contributed by atoms with van der Waals surface area (Å²) in [7, 11) is 0. The van der Waals surface area contributed by atoms with Crippen molar-refractivity contribution in [3.63, 3.8) is 0 Å². The van der Waals surface area contributed by atoms with Gasteiger partial charge in [-0.05, 0) is 19.8 Å². The van der Waals surface area contributed by atoms with Crippen LogP contribution in [0.25, 0.3) is 0 Å². The Balaban J connectivity index is 2.30. The molecule has 1 aliphatic rings. The molecule has 0 amide bonds. The molecule has 1 saturated heterocycles. The number of aryl methyl sites for hydroxylation is 1. The third-order valence-electron chi connectivity index (χ3n) is 3.05. The summed E-state index contributed by atoms with van der Waals surface area (Å²) in [5.74, 6) is 1.02. The van der Waals surface area contributed by atoms with E-state index in [2.05, 4.69) is 11.9 Å². The van der Waals surface area contributed by atoms with Crippen LogP contribution >= 0.6 is 0 Å². The molecule has 0 aromatic carbocycles. The molecular weight excluding hydrogens is 194 g/mol. The van der Waals surface area contributed by atoms with Crippen molar-refractivity contribution in [2.75, 3.05) is 13.2 Å². The van der Waals surface area contributed by atoms with Crippen molar-refractivity contribution in [3.8, 4) is 0 Å². The maximum atomic E-state index is 10.7. The molecule has 0 N–H and O–H groups in total. The number of ether oxygens (including phenoxy) is 1. The zero-order chi connectivity index (χ0) is 10.9. The first-order valence-corrected chi connectivity index (χ1v) is 5.16. The van der Waals surface area contributed by atoms with Crippen molar-refractivity contribution >= 4 is 6.29 Å². The van der Waals surface area contributed by atoms with E-state index in [1.54, 1.807) is 6.92 Å². The van der Waals surface area contributed by atoms with E-state index in [0.717, 1.165) is 26.1 Å². The van der Waals surface area contributed by atoms with E-state index >= 15 is 0 Å². The zero-order valence-corrected chi connectivity index (χ0v) is 9.08. The normalized spacial score (nSPS) is 20.1. The number of carbonyl (C=O) groups excluding carboxylic acids is 1. The average Bonchev–Trinajstić information content (AvgIpc) is 2.61. The highest BCUT2D eigenvalue weighted by Gasteiger charge is 2.34. The molecule has 2 heterocycles. The average molecular weight is 209 g/mol. The van der Waals surface area contributed by atoms with Crippen molar-refractivity contribution in [1.29, 1.82) is 0 Å². The Bertz CT molecular complexity index is 364. The lowest BCUT2D eigenvalue weighted by Gasteiger charge is -2.30. The van der Waals surface area contributed by atoms with Crippen LogP contribution in [0.2, 0.25) is 0 Å². The van der Waals surface area contributed by atoms with Crippen molar-refractivity contribution in [1.82, 2.24) is 4.98 Å². The molecule has 4 nitrogen and oxygen atoms in total. The number of nitrogens with zero attached hydrogens (tertiary/aromatic N) is 1. The second kappa shape index (κ2) is 3.77. The monoisotopic (exact) mass is 209 g/mol. The van der Waals surface area contributed by atoms with E-state index in [4.69, 9.17) is 9.15 Å². The van der Waals surface area contributed by atoms with Crippen molar-refractivity contribution in [2.45, 2.75) is 32.1 Å². The molecule has 15 heavy (non-hydrogen) atoms. The van der Waals surface area contributed by atoms with E-state index in [1.807, 2.05) is 0 Å². The van der Waals surface area contributed by atoms with Crippen LogP contribution in [0.1, 0.15) is 41.9 Å². The summed E-state index contributed by atoms with van der Waals surface area (Å²) in [6, 6.07) is 0. The number of carbonyl (C=O) groups is 1. The van der Waals surface area contributed by atoms with E-state index in [1.165, 1.54) is 0 Å². The fourth-order valence-corrected chi connectivity index (χ4v) is 1.81. The Labute approximate surface area is 88.6 Å². The molecule has 0 unspecified atom stereocenters. The third-order valence-corrected chi connectivity index (χ3v) is 3.05. The van der Waals surface area contributed by atoms with Crippen LogP contribution in [0, 0.1) is 6.92 Å². The van der Waals surface area contributed by atoms with Crippen LogP contribution in [0.4, 0.5) is 0 Å². The molecule has 82 valence electrons. The van der Waals surface area contributed by atoms with Crippen LogP contribution in [0.15, 0.2) is 4.42 Å². The van der Waals surface area contributed by atoms with Crippen LogP contribution in [-0.4, -0.2) is 24.5 Å². The molecule has 1 aromatic rings. The minimum atomic E-state index is -0.0791. The summed E-state index contributed by atoms with van der Waals surface area (Å²) < 4.78 is 10.8. The molecule has 2 rings (SSSR count). The number of hydrogen-bond donors (Lipinski definition) is 0. The van der Waals surface area contributed by atoms with Gasteiger partial charge < -0.3 is 9.15 Å². The fraction of sp³-hybridized carbons (Fsp3) is 0.636. The van der Waals surface area contributed by atoms with E-state index in [-0.39, 0.29) is 5.41 Å². The first kappa shape index (κ1) is 10.4. The van der Waals surface area contributed by atoms with Gasteiger partial charge in [0.2, 0.25) is 5.89 Å². The van der Waals surface area contributed by atoms with Crippen LogP contribution in [0.5, 0.6) is 0 Å².